The molecule has 2 rings (SSSR count). The Labute approximate surface area is 120 Å². The van der Waals surface area contributed by atoms with Gasteiger partial charge in [0.2, 0.25) is 5.91 Å². The van der Waals surface area contributed by atoms with E-state index in [0.717, 1.165) is 5.76 Å². The number of amides is 1. The van der Waals surface area contributed by atoms with Crippen molar-refractivity contribution >= 4 is 18.0 Å². The number of imidazole rings is 1. The number of carboxylic acid groups (broad SMARTS) is 1. The molecule has 0 saturated heterocycles. The number of aryl methyl sites for hydroxylation is 1. The van der Waals surface area contributed by atoms with Crippen molar-refractivity contribution in [2.45, 2.75) is 13.5 Å². The molecule has 2 aromatic rings. The summed E-state index contributed by atoms with van der Waals surface area (Å²) in [4.78, 5) is 25.9. The molecule has 0 saturated carbocycles. The Morgan fingerprint density at radius 2 is 2.29 bits per heavy atom. The highest BCUT2D eigenvalue weighted by molar-refractivity contribution is 5.91. The van der Waals surface area contributed by atoms with Crippen LogP contribution in [0.4, 0.5) is 0 Å². The number of aromatic nitrogens is 2. The molecule has 2 N–H and O–H groups in total. The van der Waals surface area contributed by atoms with Gasteiger partial charge in [0.25, 0.3) is 0 Å². The van der Waals surface area contributed by atoms with E-state index in [-0.39, 0.29) is 11.6 Å². The van der Waals surface area contributed by atoms with Gasteiger partial charge in [-0.1, -0.05) is 0 Å². The summed E-state index contributed by atoms with van der Waals surface area (Å²) in [5.41, 5.74) is -0.0191. The minimum Gasteiger partial charge on any atom is -0.476 e. The molecular weight excluding hydrogens is 274 g/mol. The Morgan fingerprint density at radius 3 is 2.90 bits per heavy atom. The normalized spacial score (nSPS) is 10.9. The molecule has 0 atom stereocenters. The van der Waals surface area contributed by atoms with Gasteiger partial charge >= 0.3 is 5.97 Å². The van der Waals surface area contributed by atoms with Crippen LogP contribution in [0.1, 0.15) is 22.0 Å². The van der Waals surface area contributed by atoms with Crippen LogP contribution in [0.25, 0.3) is 6.08 Å². The molecular formula is C14H15N3O4. The summed E-state index contributed by atoms with van der Waals surface area (Å²) < 4.78 is 6.90. The molecule has 0 bridgehead atoms. The number of hydrogen-bond acceptors (Lipinski definition) is 4. The maximum absolute atomic E-state index is 11.6. The van der Waals surface area contributed by atoms with Gasteiger partial charge in [-0.15, -0.1) is 0 Å². The van der Waals surface area contributed by atoms with Crippen molar-refractivity contribution in [3.8, 4) is 0 Å². The molecule has 0 radical (unpaired) electrons. The summed E-state index contributed by atoms with van der Waals surface area (Å²) in [6.07, 6.45) is 5.80. The summed E-state index contributed by atoms with van der Waals surface area (Å²) in [6.45, 7) is 2.64. The first-order valence-electron chi connectivity index (χ1n) is 6.32. The predicted molar refractivity (Wildman–Crippen MR) is 74.7 cm³/mol. The molecule has 1 amide bonds. The standard InChI is InChI=1S/C14H15N3O4/c1-10-2-3-11(21-10)4-5-13(18)15-6-7-17-8-12(14(19)20)16-9-17/h2-5,8-9H,6-7H2,1H3,(H,15,18)(H,19,20)/b5-4+. The van der Waals surface area contributed by atoms with Gasteiger partial charge in [0.1, 0.15) is 11.5 Å². The largest absolute Gasteiger partial charge is 0.476 e. The van der Waals surface area contributed by atoms with Crippen LogP contribution in [-0.4, -0.2) is 33.1 Å². The van der Waals surface area contributed by atoms with E-state index in [1.165, 1.54) is 18.6 Å². The summed E-state index contributed by atoms with van der Waals surface area (Å²) in [7, 11) is 0. The fourth-order valence-electron chi connectivity index (χ4n) is 1.66. The van der Waals surface area contributed by atoms with Crippen molar-refractivity contribution in [2.75, 3.05) is 6.54 Å². The zero-order valence-electron chi connectivity index (χ0n) is 11.4. The fourth-order valence-corrected chi connectivity index (χ4v) is 1.66. The zero-order chi connectivity index (χ0) is 15.2. The number of carbonyl (C=O) groups is 2. The van der Waals surface area contributed by atoms with Crippen LogP contribution < -0.4 is 5.32 Å². The molecule has 2 aromatic heterocycles. The lowest BCUT2D eigenvalue weighted by molar-refractivity contribution is -0.116. The average molecular weight is 289 g/mol. The third kappa shape index (κ3) is 4.34. The Morgan fingerprint density at radius 1 is 1.48 bits per heavy atom. The smallest absolute Gasteiger partial charge is 0.356 e. The molecule has 0 aliphatic heterocycles. The quantitative estimate of drug-likeness (QED) is 0.781. The number of furan rings is 1. The lowest BCUT2D eigenvalue weighted by Crippen LogP contribution is -2.25. The molecule has 7 heteroatoms. The van der Waals surface area contributed by atoms with Crippen LogP contribution in [0, 0.1) is 6.92 Å². The van der Waals surface area contributed by atoms with E-state index in [1.807, 2.05) is 13.0 Å². The highest BCUT2D eigenvalue weighted by Gasteiger charge is 2.06. The van der Waals surface area contributed by atoms with E-state index in [4.69, 9.17) is 9.52 Å². The number of carbonyl (C=O) groups excluding carboxylic acids is 1. The third-order valence-electron chi connectivity index (χ3n) is 2.68. The Balaban J connectivity index is 1.76. The zero-order valence-corrected chi connectivity index (χ0v) is 11.4. The molecule has 0 aliphatic carbocycles. The number of hydrogen-bond donors (Lipinski definition) is 2. The molecule has 7 nitrogen and oxygen atoms in total. The monoisotopic (exact) mass is 289 g/mol. The lowest BCUT2D eigenvalue weighted by atomic mass is 10.4. The number of aromatic carboxylic acids is 1. The van der Waals surface area contributed by atoms with Crippen LogP contribution in [-0.2, 0) is 11.3 Å². The van der Waals surface area contributed by atoms with Gasteiger partial charge in [0.15, 0.2) is 5.69 Å². The fraction of sp³-hybridized carbons (Fsp3) is 0.214. The molecule has 0 aliphatic rings. The maximum Gasteiger partial charge on any atom is 0.356 e. The molecule has 110 valence electrons. The molecule has 0 unspecified atom stereocenters. The molecule has 21 heavy (non-hydrogen) atoms. The van der Waals surface area contributed by atoms with Crippen LogP contribution >= 0.6 is 0 Å². The second kappa shape index (κ2) is 6.56. The van der Waals surface area contributed by atoms with Gasteiger partial charge < -0.3 is 19.4 Å². The van der Waals surface area contributed by atoms with Crippen molar-refractivity contribution in [2.24, 2.45) is 0 Å². The summed E-state index contributed by atoms with van der Waals surface area (Å²) in [5.74, 6) is 0.0739. The number of rotatable bonds is 6. The van der Waals surface area contributed by atoms with Gasteiger partial charge in [0.05, 0.1) is 6.33 Å². The van der Waals surface area contributed by atoms with E-state index < -0.39 is 5.97 Å². The van der Waals surface area contributed by atoms with Gasteiger partial charge in [-0.25, -0.2) is 9.78 Å². The Hall–Kier alpha value is -2.83. The molecule has 0 spiro atoms. The molecule has 2 heterocycles. The first-order chi connectivity index (χ1) is 10.0. The van der Waals surface area contributed by atoms with E-state index in [9.17, 15) is 9.59 Å². The van der Waals surface area contributed by atoms with Crippen molar-refractivity contribution in [1.82, 2.24) is 14.9 Å². The SMILES string of the molecule is Cc1ccc(/C=C/C(=O)NCCn2cnc(C(=O)O)c2)o1. The second-order valence-electron chi connectivity index (χ2n) is 4.37. The Kier molecular flexibility index (Phi) is 4.55. The van der Waals surface area contributed by atoms with Crippen LogP contribution in [0.5, 0.6) is 0 Å². The predicted octanol–water partition coefficient (Wildman–Crippen LogP) is 1.31. The van der Waals surface area contributed by atoms with Crippen LogP contribution in [0.15, 0.2) is 35.2 Å². The van der Waals surface area contributed by atoms with Gasteiger partial charge in [0, 0.05) is 25.4 Å². The number of nitrogens with one attached hydrogen (secondary N) is 1. The molecule has 0 fully saturated rings. The minimum atomic E-state index is -1.07. The van der Waals surface area contributed by atoms with Crippen molar-refractivity contribution < 1.29 is 19.1 Å². The third-order valence-corrected chi connectivity index (χ3v) is 2.68. The van der Waals surface area contributed by atoms with E-state index in [0.29, 0.717) is 18.8 Å². The average Bonchev–Trinajstić information content (AvgIpc) is 3.05. The summed E-state index contributed by atoms with van der Waals surface area (Å²) in [5, 5.41) is 11.4. The minimum absolute atomic E-state index is 0.0191. The van der Waals surface area contributed by atoms with Crippen LogP contribution in [0.2, 0.25) is 0 Å². The highest BCUT2D eigenvalue weighted by atomic mass is 16.4. The Bertz CT molecular complexity index is 669. The van der Waals surface area contributed by atoms with Gasteiger partial charge in [-0.05, 0) is 25.1 Å². The van der Waals surface area contributed by atoms with E-state index in [1.54, 1.807) is 16.7 Å². The highest BCUT2D eigenvalue weighted by Crippen LogP contribution is 2.07. The van der Waals surface area contributed by atoms with Crippen molar-refractivity contribution in [1.29, 1.82) is 0 Å². The number of carboxylic acids is 1. The summed E-state index contributed by atoms with van der Waals surface area (Å²) in [6, 6.07) is 3.59. The lowest BCUT2D eigenvalue weighted by Gasteiger charge is -2.02. The van der Waals surface area contributed by atoms with Crippen molar-refractivity contribution in [3.05, 3.63) is 47.9 Å². The maximum atomic E-state index is 11.6. The first kappa shape index (κ1) is 14.6. The van der Waals surface area contributed by atoms with Crippen molar-refractivity contribution in [3.63, 3.8) is 0 Å². The first-order valence-corrected chi connectivity index (χ1v) is 6.32. The van der Waals surface area contributed by atoms with Crippen LogP contribution in [0.3, 0.4) is 0 Å². The van der Waals surface area contributed by atoms with Gasteiger partial charge in [-0.2, -0.15) is 0 Å². The van der Waals surface area contributed by atoms with E-state index >= 15 is 0 Å². The second-order valence-corrected chi connectivity index (χ2v) is 4.37. The molecule has 0 aromatic carbocycles. The summed E-state index contributed by atoms with van der Waals surface area (Å²) >= 11 is 0. The van der Waals surface area contributed by atoms with E-state index in [2.05, 4.69) is 10.3 Å². The topological polar surface area (TPSA) is 97.4 Å². The van der Waals surface area contributed by atoms with Gasteiger partial charge in [-0.3, -0.25) is 4.79 Å². The number of nitrogens with zero attached hydrogens (tertiary/aromatic N) is 2.